The smallest absolute Gasteiger partial charge is 0.241 e. The lowest BCUT2D eigenvalue weighted by Crippen LogP contribution is -2.41. The van der Waals surface area contributed by atoms with Crippen molar-refractivity contribution in [2.45, 2.75) is 19.3 Å². The van der Waals surface area contributed by atoms with Gasteiger partial charge in [-0.05, 0) is 42.3 Å². The third-order valence-corrected chi connectivity index (χ3v) is 5.68. The first-order chi connectivity index (χ1) is 12.2. The molecule has 1 fully saturated rings. The maximum absolute atomic E-state index is 12.4. The number of nitriles is 1. The van der Waals surface area contributed by atoms with E-state index in [-0.39, 0.29) is 17.6 Å². The minimum Gasteiger partial charge on any atom is -0.365 e. The van der Waals surface area contributed by atoms with Crippen molar-refractivity contribution in [3.63, 3.8) is 0 Å². The number of hydrogen-bond donors (Lipinski definition) is 1. The summed E-state index contributed by atoms with van der Waals surface area (Å²) < 4.78 is 3.92. The van der Waals surface area contributed by atoms with Gasteiger partial charge in [0.05, 0.1) is 6.54 Å². The van der Waals surface area contributed by atoms with Crippen LogP contribution in [0, 0.1) is 17.2 Å². The molecular weight excluding hydrogens is 356 g/mol. The second kappa shape index (κ2) is 8.32. The Hall–Kier alpha value is -2.10. The summed E-state index contributed by atoms with van der Waals surface area (Å²) in [6, 6.07) is 12.5. The van der Waals surface area contributed by atoms with Gasteiger partial charge < -0.3 is 10.2 Å². The number of rotatable bonds is 5. The number of halogens is 1. The van der Waals surface area contributed by atoms with Crippen LogP contribution in [0.2, 0.25) is 5.15 Å². The standard InChI is InChI=1S/C18H19ClN4OS/c19-17-15(11-20)18(25-22-17)21-12-16(24)23-8-6-14(7-9-23)10-13-4-2-1-3-5-13/h1-5,14,21H,6-10,12H2. The van der Waals surface area contributed by atoms with Gasteiger partial charge in [0.2, 0.25) is 5.91 Å². The molecule has 1 aliphatic heterocycles. The highest BCUT2D eigenvalue weighted by Crippen LogP contribution is 2.27. The number of piperidine rings is 1. The molecule has 1 amide bonds. The van der Waals surface area contributed by atoms with E-state index in [1.165, 1.54) is 5.56 Å². The Balaban J connectivity index is 1.46. The maximum Gasteiger partial charge on any atom is 0.241 e. The molecule has 0 unspecified atom stereocenters. The molecule has 2 heterocycles. The summed E-state index contributed by atoms with van der Waals surface area (Å²) in [4.78, 5) is 14.3. The van der Waals surface area contributed by atoms with Crippen molar-refractivity contribution in [1.82, 2.24) is 9.27 Å². The van der Waals surface area contributed by atoms with Crippen molar-refractivity contribution in [1.29, 1.82) is 5.26 Å². The normalized spacial score (nSPS) is 15.0. The fourth-order valence-electron chi connectivity index (χ4n) is 3.09. The summed E-state index contributed by atoms with van der Waals surface area (Å²) >= 11 is 6.94. The topological polar surface area (TPSA) is 69.0 Å². The van der Waals surface area contributed by atoms with Gasteiger partial charge in [-0.25, -0.2) is 0 Å². The van der Waals surface area contributed by atoms with E-state index >= 15 is 0 Å². The number of anilines is 1. The van der Waals surface area contributed by atoms with Crippen LogP contribution in [-0.4, -0.2) is 34.8 Å². The van der Waals surface area contributed by atoms with Crippen molar-refractivity contribution >= 4 is 34.0 Å². The van der Waals surface area contributed by atoms with E-state index in [0.29, 0.717) is 16.5 Å². The third kappa shape index (κ3) is 4.50. The maximum atomic E-state index is 12.4. The monoisotopic (exact) mass is 374 g/mol. The van der Waals surface area contributed by atoms with E-state index < -0.39 is 0 Å². The predicted octanol–water partition coefficient (Wildman–Crippen LogP) is 3.56. The molecule has 0 spiro atoms. The van der Waals surface area contributed by atoms with Crippen molar-refractivity contribution in [2.24, 2.45) is 5.92 Å². The number of likely N-dealkylation sites (tertiary alicyclic amines) is 1. The Bertz CT molecular complexity index is 763. The van der Waals surface area contributed by atoms with Crippen LogP contribution in [0.25, 0.3) is 0 Å². The molecule has 1 aromatic carbocycles. The summed E-state index contributed by atoms with van der Waals surface area (Å²) in [5.41, 5.74) is 1.67. The Morgan fingerprint density at radius 3 is 2.76 bits per heavy atom. The molecule has 1 aromatic heterocycles. The molecule has 5 nitrogen and oxygen atoms in total. The highest BCUT2D eigenvalue weighted by Gasteiger charge is 2.23. The number of amides is 1. The molecule has 0 bridgehead atoms. The lowest BCUT2D eigenvalue weighted by atomic mass is 9.90. The zero-order valence-electron chi connectivity index (χ0n) is 13.7. The van der Waals surface area contributed by atoms with Crippen LogP contribution in [-0.2, 0) is 11.2 Å². The largest absolute Gasteiger partial charge is 0.365 e. The van der Waals surface area contributed by atoms with Crippen LogP contribution in [0.4, 0.5) is 5.00 Å². The van der Waals surface area contributed by atoms with Crippen molar-refractivity contribution in [2.75, 3.05) is 25.0 Å². The lowest BCUT2D eigenvalue weighted by molar-refractivity contribution is -0.130. The van der Waals surface area contributed by atoms with Gasteiger partial charge in [0.1, 0.15) is 16.6 Å². The highest BCUT2D eigenvalue weighted by atomic mass is 35.5. The molecule has 1 aliphatic rings. The zero-order chi connectivity index (χ0) is 17.6. The first-order valence-corrected chi connectivity index (χ1v) is 9.43. The molecule has 2 aromatic rings. The van der Waals surface area contributed by atoms with Gasteiger partial charge >= 0.3 is 0 Å². The van der Waals surface area contributed by atoms with Crippen LogP contribution in [0.3, 0.4) is 0 Å². The van der Waals surface area contributed by atoms with E-state index in [0.717, 1.165) is 43.9 Å². The molecule has 1 N–H and O–H groups in total. The molecule has 130 valence electrons. The molecular formula is C18H19ClN4OS. The van der Waals surface area contributed by atoms with E-state index in [2.05, 4.69) is 34.0 Å². The van der Waals surface area contributed by atoms with Gasteiger partial charge in [0.15, 0.2) is 5.15 Å². The van der Waals surface area contributed by atoms with Crippen LogP contribution >= 0.6 is 23.1 Å². The molecule has 7 heteroatoms. The molecule has 0 atom stereocenters. The minimum atomic E-state index is 0.0478. The number of hydrogen-bond acceptors (Lipinski definition) is 5. The first kappa shape index (κ1) is 17.7. The van der Waals surface area contributed by atoms with Gasteiger partial charge in [0.25, 0.3) is 0 Å². The number of carbonyl (C=O) groups is 1. The molecule has 3 rings (SSSR count). The molecule has 0 saturated carbocycles. The Morgan fingerprint density at radius 1 is 1.36 bits per heavy atom. The van der Waals surface area contributed by atoms with Crippen LogP contribution in [0.5, 0.6) is 0 Å². The Labute approximate surface area is 156 Å². The van der Waals surface area contributed by atoms with Gasteiger partial charge in [0, 0.05) is 13.1 Å². The van der Waals surface area contributed by atoms with Crippen LogP contribution < -0.4 is 5.32 Å². The highest BCUT2D eigenvalue weighted by molar-refractivity contribution is 7.10. The molecule has 0 aliphatic carbocycles. The summed E-state index contributed by atoms with van der Waals surface area (Å²) in [7, 11) is 0. The van der Waals surface area contributed by atoms with Gasteiger partial charge in [-0.15, -0.1) is 0 Å². The van der Waals surface area contributed by atoms with Gasteiger partial charge in [-0.3, -0.25) is 4.79 Å². The molecule has 0 radical (unpaired) electrons. The summed E-state index contributed by atoms with van der Waals surface area (Å²) in [6.45, 7) is 1.73. The first-order valence-electron chi connectivity index (χ1n) is 8.28. The second-order valence-electron chi connectivity index (χ2n) is 6.16. The third-order valence-electron chi connectivity index (χ3n) is 4.50. The van der Waals surface area contributed by atoms with E-state index in [9.17, 15) is 4.79 Å². The lowest BCUT2D eigenvalue weighted by Gasteiger charge is -2.32. The van der Waals surface area contributed by atoms with Crippen LogP contribution in [0.15, 0.2) is 30.3 Å². The van der Waals surface area contributed by atoms with Crippen molar-refractivity contribution in [3.8, 4) is 6.07 Å². The Morgan fingerprint density at radius 2 is 2.08 bits per heavy atom. The summed E-state index contributed by atoms with van der Waals surface area (Å²) in [6.07, 6.45) is 3.12. The SMILES string of the molecule is N#Cc1c(Cl)nsc1NCC(=O)N1CCC(Cc2ccccc2)CC1. The van der Waals surface area contributed by atoms with Crippen molar-refractivity contribution < 1.29 is 4.79 Å². The van der Waals surface area contributed by atoms with Gasteiger partial charge in [-0.2, -0.15) is 9.64 Å². The second-order valence-corrected chi connectivity index (χ2v) is 7.29. The number of carbonyl (C=O) groups excluding carboxylic acids is 1. The Kier molecular flexibility index (Phi) is 5.90. The molecule has 25 heavy (non-hydrogen) atoms. The van der Waals surface area contributed by atoms with E-state index in [1.807, 2.05) is 17.0 Å². The quantitative estimate of drug-likeness (QED) is 0.868. The number of nitrogens with one attached hydrogen (secondary N) is 1. The van der Waals surface area contributed by atoms with Crippen LogP contribution in [0.1, 0.15) is 24.0 Å². The number of nitrogens with zero attached hydrogens (tertiary/aromatic N) is 3. The fourth-order valence-corrected chi connectivity index (χ4v) is 4.02. The van der Waals surface area contributed by atoms with Gasteiger partial charge in [-0.1, -0.05) is 41.9 Å². The number of aromatic nitrogens is 1. The average molecular weight is 375 g/mol. The zero-order valence-corrected chi connectivity index (χ0v) is 15.3. The van der Waals surface area contributed by atoms with E-state index in [4.69, 9.17) is 16.9 Å². The average Bonchev–Trinajstić information content (AvgIpc) is 3.01. The van der Waals surface area contributed by atoms with E-state index in [1.54, 1.807) is 0 Å². The van der Waals surface area contributed by atoms with Crippen molar-refractivity contribution in [3.05, 3.63) is 46.6 Å². The fraction of sp³-hybridized carbons (Fsp3) is 0.389. The summed E-state index contributed by atoms with van der Waals surface area (Å²) in [5, 5.41) is 12.8. The molecule has 1 saturated heterocycles. The minimum absolute atomic E-state index is 0.0478. The predicted molar refractivity (Wildman–Crippen MR) is 99.8 cm³/mol. The number of benzene rings is 1. The summed E-state index contributed by atoms with van der Waals surface area (Å²) in [5.74, 6) is 0.677.